The summed E-state index contributed by atoms with van der Waals surface area (Å²) in [6, 6.07) is 5.36. The van der Waals surface area contributed by atoms with Crippen LogP contribution in [0.2, 0.25) is 10.0 Å². The smallest absolute Gasteiger partial charge is 0.106 e. The molecule has 0 radical (unpaired) electrons. The van der Waals surface area contributed by atoms with Crippen molar-refractivity contribution in [3.63, 3.8) is 0 Å². The molecule has 6 heteroatoms. The van der Waals surface area contributed by atoms with Crippen molar-refractivity contribution < 1.29 is 9.68 Å². The molecule has 0 aliphatic carbocycles. The molecule has 0 heterocycles. The molecule has 0 spiro atoms. The Kier molecular flexibility index (Phi) is 6.67. The van der Waals surface area contributed by atoms with Crippen molar-refractivity contribution >= 4 is 34.6 Å². The summed E-state index contributed by atoms with van der Waals surface area (Å²) in [4.78, 5) is 9.58. The highest BCUT2D eigenvalue weighted by Crippen LogP contribution is 2.23. The minimum absolute atomic E-state index is 0.491. The monoisotopic (exact) mass is 302 g/mol. The van der Waals surface area contributed by atoms with Crippen molar-refractivity contribution in [2.75, 3.05) is 14.2 Å². The molecule has 0 amide bonds. The first-order valence-corrected chi connectivity index (χ1v) is 6.46. The minimum Gasteiger partial charge on any atom is -0.399 e. The molecule has 1 aromatic carbocycles. The van der Waals surface area contributed by atoms with E-state index in [0.29, 0.717) is 16.5 Å². The van der Waals surface area contributed by atoms with Gasteiger partial charge in [0.15, 0.2) is 0 Å². The summed E-state index contributed by atoms with van der Waals surface area (Å²) in [5.41, 5.74) is 2.54. The van der Waals surface area contributed by atoms with E-state index in [1.54, 1.807) is 12.1 Å². The Morgan fingerprint density at radius 1 is 1.05 bits per heavy atom. The molecule has 1 aromatic rings. The van der Waals surface area contributed by atoms with Gasteiger partial charge in [0.25, 0.3) is 0 Å². The third kappa shape index (κ3) is 5.09. The van der Waals surface area contributed by atoms with Crippen molar-refractivity contribution in [2.24, 2.45) is 10.3 Å². The summed E-state index contributed by atoms with van der Waals surface area (Å²) in [6.45, 7) is 1.89. The van der Waals surface area contributed by atoms with Crippen LogP contribution < -0.4 is 0 Å². The molecule has 0 bridgehead atoms. The SMILES string of the molecule is CON=C(CC/C(C)=N/OC)c1ccc(Cl)c(Cl)c1. The summed E-state index contributed by atoms with van der Waals surface area (Å²) < 4.78 is 0. The van der Waals surface area contributed by atoms with Crippen LogP contribution in [-0.4, -0.2) is 25.6 Å². The van der Waals surface area contributed by atoms with Crippen molar-refractivity contribution in [1.82, 2.24) is 0 Å². The molecular weight excluding hydrogens is 287 g/mol. The number of hydrogen-bond acceptors (Lipinski definition) is 4. The largest absolute Gasteiger partial charge is 0.399 e. The lowest BCUT2D eigenvalue weighted by Crippen LogP contribution is -2.05. The van der Waals surface area contributed by atoms with E-state index in [1.807, 2.05) is 13.0 Å². The number of oxime groups is 2. The van der Waals surface area contributed by atoms with Gasteiger partial charge in [-0.1, -0.05) is 39.6 Å². The third-order valence-corrected chi connectivity index (χ3v) is 3.16. The molecule has 0 saturated carbocycles. The molecule has 4 nitrogen and oxygen atoms in total. The lowest BCUT2D eigenvalue weighted by Gasteiger charge is -2.07. The number of halogens is 2. The molecule has 0 aliphatic rings. The van der Waals surface area contributed by atoms with E-state index in [1.165, 1.54) is 14.2 Å². The van der Waals surface area contributed by atoms with Gasteiger partial charge in [-0.15, -0.1) is 0 Å². The lowest BCUT2D eigenvalue weighted by atomic mass is 10.0. The van der Waals surface area contributed by atoms with Crippen molar-refractivity contribution in [1.29, 1.82) is 0 Å². The number of benzene rings is 1. The summed E-state index contributed by atoms with van der Waals surface area (Å²) in [7, 11) is 3.03. The molecule has 0 aromatic heterocycles. The van der Waals surface area contributed by atoms with E-state index in [2.05, 4.69) is 10.3 Å². The van der Waals surface area contributed by atoms with Crippen LogP contribution in [0.15, 0.2) is 28.5 Å². The first-order chi connectivity index (χ1) is 9.08. The van der Waals surface area contributed by atoms with E-state index in [-0.39, 0.29) is 0 Å². The van der Waals surface area contributed by atoms with Gasteiger partial charge in [0, 0.05) is 5.56 Å². The normalized spacial score (nSPS) is 12.5. The average Bonchev–Trinajstić information content (AvgIpc) is 2.38. The first-order valence-electron chi connectivity index (χ1n) is 5.70. The maximum absolute atomic E-state index is 6.00. The van der Waals surface area contributed by atoms with Crippen LogP contribution in [0, 0.1) is 0 Å². The van der Waals surface area contributed by atoms with Gasteiger partial charge in [-0.2, -0.15) is 0 Å². The Morgan fingerprint density at radius 3 is 2.32 bits per heavy atom. The molecule has 104 valence electrons. The van der Waals surface area contributed by atoms with E-state index >= 15 is 0 Å². The average molecular weight is 303 g/mol. The molecule has 0 saturated heterocycles. The maximum Gasteiger partial charge on any atom is 0.106 e. The summed E-state index contributed by atoms with van der Waals surface area (Å²) in [6.07, 6.45) is 1.39. The Labute approximate surface area is 123 Å². The molecule has 1 rings (SSSR count). The van der Waals surface area contributed by atoms with Gasteiger partial charge in [0.1, 0.15) is 14.2 Å². The molecule has 19 heavy (non-hydrogen) atoms. The Balaban J connectivity index is 2.86. The van der Waals surface area contributed by atoms with Crippen LogP contribution in [0.4, 0.5) is 0 Å². The topological polar surface area (TPSA) is 43.2 Å². The lowest BCUT2D eigenvalue weighted by molar-refractivity contribution is 0.211. The molecule has 0 atom stereocenters. The number of hydrogen-bond donors (Lipinski definition) is 0. The van der Waals surface area contributed by atoms with Gasteiger partial charge in [0.2, 0.25) is 0 Å². The first kappa shape index (κ1) is 15.8. The second kappa shape index (κ2) is 8.02. The van der Waals surface area contributed by atoms with E-state index in [0.717, 1.165) is 23.4 Å². The fourth-order valence-corrected chi connectivity index (χ4v) is 1.83. The Hall–Kier alpha value is -1.26. The van der Waals surface area contributed by atoms with Crippen LogP contribution in [0.5, 0.6) is 0 Å². The molecule has 0 unspecified atom stereocenters. The zero-order valence-corrected chi connectivity index (χ0v) is 12.6. The molecule has 0 aliphatic heterocycles. The summed E-state index contributed by atoms with van der Waals surface area (Å²) in [5, 5.41) is 8.88. The zero-order chi connectivity index (χ0) is 14.3. The standard InChI is InChI=1S/C13H16Cl2N2O2/c1-9(16-18-2)4-7-13(17-19-3)10-5-6-11(14)12(15)8-10/h5-6,8H,4,7H2,1-3H3/b16-9+,17-13?. The van der Waals surface area contributed by atoms with Crippen LogP contribution >= 0.6 is 23.2 Å². The van der Waals surface area contributed by atoms with Crippen LogP contribution in [-0.2, 0) is 9.68 Å². The van der Waals surface area contributed by atoms with E-state index in [4.69, 9.17) is 32.9 Å². The molecule has 0 N–H and O–H groups in total. The minimum atomic E-state index is 0.491. The highest BCUT2D eigenvalue weighted by molar-refractivity contribution is 6.42. The zero-order valence-electron chi connectivity index (χ0n) is 11.1. The van der Waals surface area contributed by atoms with Crippen molar-refractivity contribution in [3.8, 4) is 0 Å². The van der Waals surface area contributed by atoms with Gasteiger partial charge < -0.3 is 9.68 Å². The van der Waals surface area contributed by atoms with Gasteiger partial charge in [-0.3, -0.25) is 0 Å². The Bertz CT molecular complexity index is 488. The second-order valence-electron chi connectivity index (χ2n) is 3.86. The van der Waals surface area contributed by atoms with E-state index in [9.17, 15) is 0 Å². The van der Waals surface area contributed by atoms with Crippen LogP contribution in [0.3, 0.4) is 0 Å². The Morgan fingerprint density at radius 2 is 1.74 bits per heavy atom. The second-order valence-corrected chi connectivity index (χ2v) is 4.67. The van der Waals surface area contributed by atoms with Gasteiger partial charge in [-0.05, 0) is 31.9 Å². The van der Waals surface area contributed by atoms with Gasteiger partial charge in [-0.25, -0.2) is 0 Å². The van der Waals surface area contributed by atoms with Crippen molar-refractivity contribution in [2.45, 2.75) is 19.8 Å². The van der Waals surface area contributed by atoms with Gasteiger partial charge in [0.05, 0.1) is 21.5 Å². The number of nitrogens with zero attached hydrogens (tertiary/aromatic N) is 2. The molecular formula is C13H16Cl2N2O2. The highest BCUT2D eigenvalue weighted by atomic mass is 35.5. The summed E-state index contributed by atoms with van der Waals surface area (Å²) >= 11 is 11.9. The van der Waals surface area contributed by atoms with Crippen LogP contribution in [0.1, 0.15) is 25.3 Å². The maximum atomic E-state index is 6.00. The van der Waals surface area contributed by atoms with Gasteiger partial charge >= 0.3 is 0 Å². The fraction of sp³-hybridized carbons (Fsp3) is 0.385. The van der Waals surface area contributed by atoms with Crippen molar-refractivity contribution in [3.05, 3.63) is 33.8 Å². The van der Waals surface area contributed by atoms with Crippen LogP contribution in [0.25, 0.3) is 0 Å². The predicted molar refractivity (Wildman–Crippen MR) is 79.4 cm³/mol. The third-order valence-electron chi connectivity index (χ3n) is 2.43. The fourth-order valence-electron chi connectivity index (χ4n) is 1.53. The molecule has 0 fully saturated rings. The van der Waals surface area contributed by atoms with E-state index < -0.39 is 0 Å². The highest BCUT2D eigenvalue weighted by Gasteiger charge is 2.08. The quantitative estimate of drug-likeness (QED) is 0.585. The predicted octanol–water partition coefficient (Wildman–Crippen LogP) is 4.15. The number of rotatable bonds is 6. The summed E-state index contributed by atoms with van der Waals surface area (Å²) in [5.74, 6) is 0.